The smallest absolute Gasteiger partial charge is 0.0633 e. The summed E-state index contributed by atoms with van der Waals surface area (Å²) >= 11 is 0. The molecule has 1 heteroatoms. The minimum absolute atomic E-state index is 0.450. The summed E-state index contributed by atoms with van der Waals surface area (Å²) in [6.45, 7) is 3.80. The van der Waals surface area contributed by atoms with Crippen LogP contribution < -0.4 is 0 Å². The number of ether oxygens (including phenoxy) is 1. The second kappa shape index (κ2) is 3.77. The van der Waals surface area contributed by atoms with Crippen molar-refractivity contribution in [2.45, 2.75) is 31.8 Å². The van der Waals surface area contributed by atoms with Crippen LogP contribution in [0.4, 0.5) is 0 Å². The Morgan fingerprint density at radius 1 is 1.40 bits per heavy atom. The zero-order valence-electron chi connectivity index (χ0n) is 6.68. The molecule has 0 aromatic heterocycles. The molecule has 0 aliphatic heterocycles. The number of rotatable bonds is 2. The summed E-state index contributed by atoms with van der Waals surface area (Å²) in [6, 6.07) is 0. The van der Waals surface area contributed by atoms with Crippen molar-refractivity contribution in [1.82, 2.24) is 0 Å². The van der Waals surface area contributed by atoms with Crippen molar-refractivity contribution in [2.24, 2.45) is 5.92 Å². The first-order chi connectivity index (χ1) is 4.88. The van der Waals surface area contributed by atoms with Crippen LogP contribution in [-0.4, -0.2) is 13.2 Å². The molecule has 0 spiro atoms. The van der Waals surface area contributed by atoms with Gasteiger partial charge in [-0.3, -0.25) is 0 Å². The standard InChI is InChI=1S/C9H16O/c1-3-8-6-4-5-7-9(8)10-2/h3,8-9H,1,4-7H2,2H3/t8-,9-/m1/s1. The number of methoxy groups -OCH3 is 1. The highest BCUT2D eigenvalue weighted by atomic mass is 16.5. The maximum absolute atomic E-state index is 5.32. The molecule has 1 saturated carbocycles. The zero-order valence-corrected chi connectivity index (χ0v) is 6.68. The molecule has 2 atom stereocenters. The molecular formula is C9H16O. The van der Waals surface area contributed by atoms with Crippen LogP contribution in [0.5, 0.6) is 0 Å². The predicted octanol–water partition coefficient (Wildman–Crippen LogP) is 2.38. The Balaban J connectivity index is 2.41. The second-order valence-electron chi connectivity index (χ2n) is 2.96. The molecule has 1 aliphatic carbocycles. The molecule has 58 valence electrons. The van der Waals surface area contributed by atoms with Crippen molar-refractivity contribution in [3.8, 4) is 0 Å². The van der Waals surface area contributed by atoms with Crippen molar-refractivity contribution in [3.05, 3.63) is 12.7 Å². The molecular weight excluding hydrogens is 124 g/mol. The highest BCUT2D eigenvalue weighted by molar-refractivity contribution is 4.87. The van der Waals surface area contributed by atoms with E-state index in [1.54, 1.807) is 7.11 Å². The molecule has 0 bridgehead atoms. The average molecular weight is 140 g/mol. The van der Waals surface area contributed by atoms with Crippen molar-refractivity contribution >= 4 is 0 Å². The van der Waals surface area contributed by atoms with Crippen LogP contribution in [0.1, 0.15) is 25.7 Å². The number of hydrogen-bond donors (Lipinski definition) is 0. The van der Waals surface area contributed by atoms with Gasteiger partial charge in [-0.25, -0.2) is 0 Å². The SMILES string of the molecule is C=C[C@@H]1CCCC[C@H]1OC. The maximum atomic E-state index is 5.32. The van der Waals surface area contributed by atoms with E-state index in [9.17, 15) is 0 Å². The van der Waals surface area contributed by atoms with Crippen molar-refractivity contribution < 1.29 is 4.74 Å². The van der Waals surface area contributed by atoms with E-state index in [2.05, 4.69) is 6.58 Å². The van der Waals surface area contributed by atoms with Gasteiger partial charge in [-0.2, -0.15) is 0 Å². The normalized spacial score (nSPS) is 33.7. The summed E-state index contributed by atoms with van der Waals surface area (Å²) in [5.41, 5.74) is 0. The van der Waals surface area contributed by atoms with Crippen molar-refractivity contribution in [2.75, 3.05) is 7.11 Å². The second-order valence-corrected chi connectivity index (χ2v) is 2.96. The fraction of sp³-hybridized carbons (Fsp3) is 0.778. The summed E-state index contributed by atoms with van der Waals surface area (Å²) in [5, 5.41) is 0. The summed E-state index contributed by atoms with van der Waals surface area (Å²) < 4.78 is 5.32. The van der Waals surface area contributed by atoms with Gasteiger partial charge in [-0.1, -0.05) is 18.9 Å². The monoisotopic (exact) mass is 140 g/mol. The van der Waals surface area contributed by atoms with Gasteiger partial charge in [0, 0.05) is 13.0 Å². The van der Waals surface area contributed by atoms with Crippen LogP contribution in [-0.2, 0) is 4.74 Å². The predicted molar refractivity (Wildman–Crippen MR) is 43.0 cm³/mol. The molecule has 0 aromatic carbocycles. The molecule has 1 fully saturated rings. The van der Waals surface area contributed by atoms with Gasteiger partial charge in [-0.15, -0.1) is 6.58 Å². The van der Waals surface area contributed by atoms with Crippen molar-refractivity contribution in [1.29, 1.82) is 0 Å². The fourth-order valence-corrected chi connectivity index (χ4v) is 1.69. The zero-order chi connectivity index (χ0) is 7.40. The van der Waals surface area contributed by atoms with Crippen LogP contribution >= 0.6 is 0 Å². The summed E-state index contributed by atoms with van der Waals surface area (Å²) in [7, 11) is 1.80. The van der Waals surface area contributed by atoms with Crippen molar-refractivity contribution in [3.63, 3.8) is 0 Å². The molecule has 1 rings (SSSR count). The maximum Gasteiger partial charge on any atom is 0.0633 e. The molecule has 0 saturated heterocycles. The molecule has 0 aromatic rings. The van der Waals surface area contributed by atoms with Crippen LogP contribution in [0.2, 0.25) is 0 Å². The van der Waals surface area contributed by atoms with E-state index in [0.717, 1.165) is 0 Å². The minimum atomic E-state index is 0.450. The average Bonchev–Trinajstić information content (AvgIpc) is 2.04. The van der Waals surface area contributed by atoms with Crippen LogP contribution in [0.25, 0.3) is 0 Å². The lowest BCUT2D eigenvalue weighted by Crippen LogP contribution is -2.24. The third-order valence-electron chi connectivity index (χ3n) is 2.36. The van der Waals surface area contributed by atoms with E-state index in [-0.39, 0.29) is 0 Å². The van der Waals surface area contributed by atoms with Gasteiger partial charge in [0.2, 0.25) is 0 Å². The quantitative estimate of drug-likeness (QED) is 0.535. The molecule has 10 heavy (non-hydrogen) atoms. The van der Waals surface area contributed by atoms with E-state index in [0.29, 0.717) is 12.0 Å². The highest BCUT2D eigenvalue weighted by Crippen LogP contribution is 2.26. The van der Waals surface area contributed by atoms with E-state index in [4.69, 9.17) is 4.74 Å². The van der Waals surface area contributed by atoms with Gasteiger partial charge in [-0.05, 0) is 12.8 Å². The van der Waals surface area contributed by atoms with Gasteiger partial charge in [0.1, 0.15) is 0 Å². The fourth-order valence-electron chi connectivity index (χ4n) is 1.69. The highest BCUT2D eigenvalue weighted by Gasteiger charge is 2.21. The lowest BCUT2D eigenvalue weighted by Gasteiger charge is -2.27. The molecule has 1 nitrogen and oxygen atoms in total. The Labute approximate surface area is 63.1 Å². The molecule has 0 N–H and O–H groups in total. The van der Waals surface area contributed by atoms with Crippen LogP contribution in [0.3, 0.4) is 0 Å². The molecule has 1 aliphatic rings. The van der Waals surface area contributed by atoms with Crippen LogP contribution in [0.15, 0.2) is 12.7 Å². The Hall–Kier alpha value is -0.300. The molecule has 0 radical (unpaired) electrons. The van der Waals surface area contributed by atoms with Crippen LogP contribution in [0, 0.1) is 5.92 Å². The number of hydrogen-bond acceptors (Lipinski definition) is 1. The molecule has 0 unspecified atom stereocenters. The summed E-state index contributed by atoms with van der Waals surface area (Å²) in [5.74, 6) is 0.610. The van der Waals surface area contributed by atoms with Gasteiger partial charge in [0.25, 0.3) is 0 Å². The van der Waals surface area contributed by atoms with Gasteiger partial charge < -0.3 is 4.74 Å². The van der Waals surface area contributed by atoms with Gasteiger partial charge >= 0.3 is 0 Å². The first kappa shape index (κ1) is 7.80. The summed E-state index contributed by atoms with van der Waals surface area (Å²) in [4.78, 5) is 0. The van der Waals surface area contributed by atoms with E-state index in [1.165, 1.54) is 25.7 Å². The van der Waals surface area contributed by atoms with E-state index < -0.39 is 0 Å². The Bertz CT molecular complexity index is 109. The largest absolute Gasteiger partial charge is 0.381 e. The van der Waals surface area contributed by atoms with E-state index in [1.807, 2.05) is 6.08 Å². The van der Waals surface area contributed by atoms with Gasteiger partial charge in [0.05, 0.1) is 6.10 Å². The summed E-state index contributed by atoms with van der Waals surface area (Å²) in [6.07, 6.45) is 7.63. The molecule has 0 heterocycles. The van der Waals surface area contributed by atoms with E-state index >= 15 is 0 Å². The Kier molecular flexibility index (Phi) is 2.94. The van der Waals surface area contributed by atoms with Gasteiger partial charge in [0.15, 0.2) is 0 Å². The molecule has 0 amide bonds. The topological polar surface area (TPSA) is 9.23 Å². The third-order valence-corrected chi connectivity index (χ3v) is 2.36. The lowest BCUT2D eigenvalue weighted by molar-refractivity contribution is 0.0416. The first-order valence-corrected chi connectivity index (χ1v) is 4.04. The third kappa shape index (κ3) is 1.60. The first-order valence-electron chi connectivity index (χ1n) is 4.04. The Morgan fingerprint density at radius 3 is 2.60 bits per heavy atom. The minimum Gasteiger partial charge on any atom is -0.381 e. The Morgan fingerprint density at radius 2 is 2.10 bits per heavy atom. The lowest BCUT2D eigenvalue weighted by atomic mass is 9.87.